The van der Waals surface area contributed by atoms with Crippen LogP contribution < -0.4 is 11.5 Å². The molecular weight excluding hydrogens is 316 g/mol. The molecule has 23 heavy (non-hydrogen) atoms. The average molecular weight is 355 g/mol. The quantitative estimate of drug-likeness (QED) is 0.313. The molecule has 7 heteroatoms. The monoisotopic (exact) mass is 354 g/mol. The molecule has 0 aromatic heterocycles. The van der Waals surface area contributed by atoms with Crippen LogP contribution in [0.5, 0.6) is 0 Å². The van der Waals surface area contributed by atoms with Gasteiger partial charge in [0.2, 0.25) is 0 Å². The van der Waals surface area contributed by atoms with Crippen molar-refractivity contribution >= 4 is 10.4 Å². The topological polar surface area (TPSA) is 127 Å². The highest BCUT2D eigenvalue weighted by molar-refractivity contribution is 7.79. The normalized spacial score (nSPS) is 15.4. The van der Waals surface area contributed by atoms with Crippen LogP contribution in [0.2, 0.25) is 0 Å². The molecule has 2 unspecified atom stereocenters. The van der Waals surface area contributed by atoms with E-state index in [4.69, 9.17) is 29.0 Å². The molecule has 0 aliphatic carbocycles. The van der Waals surface area contributed by atoms with Crippen molar-refractivity contribution in [2.75, 3.05) is 6.54 Å². The number of hydrogen-bond donors (Lipinski definition) is 4. The first-order chi connectivity index (χ1) is 10.6. The number of hydrogen-bond acceptors (Lipinski definition) is 4. The van der Waals surface area contributed by atoms with Crippen LogP contribution in [0.15, 0.2) is 0 Å². The molecular formula is C16H38N2O4S. The molecule has 0 heterocycles. The lowest BCUT2D eigenvalue weighted by molar-refractivity contribution is 0.204. The number of rotatable bonds is 12. The van der Waals surface area contributed by atoms with Gasteiger partial charge in [0.25, 0.3) is 0 Å². The van der Waals surface area contributed by atoms with Gasteiger partial charge in [-0.3, -0.25) is 9.11 Å². The summed E-state index contributed by atoms with van der Waals surface area (Å²) in [6, 6.07) is 0. The maximum Gasteiger partial charge on any atom is 0.394 e. The highest BCUT2D eigenvalue weighted by atomic mass is 32.3. The maximum absolute atomic E-state index is 8.74. The largest absolute Gasteiger partial charge is 0.394 e. The lowest BCUT2D eigenvalue weighted by Crippen LogP contribution is -2.46. The maximum atomic E-state index is 8.74. The Balaban J connectivity index is 0. The Kier molecular flexibility index (Phi) is 15.4. The number of unbranched alkanes of at least 4 members (excludes halogenated alkanes) is 3. The fourth-order valence-corrected chi connectivity index (χ4v) is 2.88. The van der Waals surface area contributed by atoms with E-state index in [9.17, 15) is 0 Å². The molecule has 0 aliphatic rings. The minimum absolute atomic E-state index is 0.0692. The van der Waals surface area contributed by atoms with Gasteiger partial charge in [-0.1, -0.05) is 52.9 Å². The van der Waals surface area contributed by atoms with Crippen molar-refractivity contribution in [3.8, 4) is 0 Å². The van der Waals surface area contributed by atoms with Crippen molar-refractivity contribution in [1.82, 2.24) is 0 Å². The molecule has 0 bridgehead atoms. The van der Waals surface area contributed by atoms with E-state index in [2.05, 4.69) is 20.8 Å². The first kappa shape index (κ1) is 25.0. The summed E-state index contributed by atoms with van der Waals surface area (Å²) >= 11 is 0. The molecule has 0 spiro atoms. The van der Waals surface area contributed by atoms with E-state index < -0.39 is 10.4 Å². The van der Waals surface area contributed by atoms with Crippen molar-refractivity contribution in [2.24, 2.45) is 17.4 Å². The first-order valence-electron chi connectivity index (χ1n) is 8.83. The highest BCUT2D eigenvalue weighted by Gasteiger charge is 2.31. The van der Waals surface area contributed by atoms with Crippen molar-refractivity contribution in [3.63, 3.8) is 0 Å². The van der Waals surface area contributed by atoms with Crippen molar-refractivity contribution in [1.29, 1.82) is 0 Å². The predicted octanol–water partition coefficient (Wildman–Crippen LogP) is 3.57. The van der Waals surface area contributed by atoms with E-state index in [1.54, 1.807) is 0 Å². The summed E-state index contributed by atoms with van der Waals surface area (Å²) in [5.41, 5.74) is 12.4. The van der Waals surface area contributed by atoms with E-state index in [1.807, 2.05) is 0 Å². The molecule has 2 atom stereocenters. The summed E-state index contributed by atoms with van der Waals surface area (Å²) in [5.74, 6) is 0.695. The Hall–Kier alpha value is -0.210. The zero-order valence-electron chi connectivity index (χ0n) is 15.1. The van der Waals surface area contributed by atoms with Gasteiger partial charge in [-0.2, -0.15) is 8.42 Å². The van der Waals surface area contributed by atoms with Crippen LogP contribution >= 0.6 is 0 Å². The standard InChI is InChI=1S/C16H36N2.H2O4S/c1-4-7-11-15(12-9-10-14-17)16(18,6-3)13-8-5-2;1-5(2,3)4/h15H,4-14,17-18H2,1-3H3;(H2,1,2,3,4). The lowest BCUT2D eigenvalue weighted by Gasteiger charge is -2.37. The second-order valence-corrected chi connectivity index (χ2v) is 7.16. The molecule has 6 N–H and O–H groups in total. The first-order valence-corrected chi connectivity index (χ1v) is 10.2. The lowest BCUT2D eigenvalue weighted by atomic mass is 9.74. The zero-order chi connectivity index (χ0) is 18.4. The minimum atomic E-state index is -4.67. The Labute approximate surface area is 143 Å². The predicted molar refractivity (Wildman–Crippen MR) is 96.8 cm³/mol. The molecule has 0 fully saturated rings. The van der Waals surface area contributed by atoms with Crippen LogP contribution in [0.1, 0.15) is 85.0 Å². The molecule has 0 rings (SSSR count). The minimum Gasteiger partial charge on any atom is -0.330 e. The van der Waals surface area contributed by atoms with Crippen LogP contribution in [0.4, 0.5) is 0 Å². The Bertz CT molecular complexity index is 355. The van der Waals surface area contributed by atoms with Crippen LogP contribution in [-0.2, 0) is 10.4 Å². The van der Waals surface area contributed by atoms with Crippen molar-refractivity contribution in [2.45, 2.75) is 90.5 Å². The second-order valence-electron chi connectivity index (χ2n) is 6.26. The Morgan fingerprint density at radius 3 is 1.83 bits per heavy atom. The van der Waals surface area contributed by atoms with E-state index in [-0.39, 0.29) is 5.54 Å². The number of nitrogens with two attached hydrogens (primary N) is 2. The third-order valence-corrected chi connectivity index (χ3v) is 4.38. The summed E-state index contributed by atoms with van der Waals surface area (Å²) in [4.78, 5) is 0. The van der Waals surface area contributed by atoms with E-state index in [0.29, 0.717) is 5.92 Å². The van der Waals surface area contributed by atoms with Crippen molar-refractivity contribution in [3.05, 3.63) is 0 Å². The smallest absolute Gasteiger partial charge is 0.330 e. The third kappa shape index (κ3) is 16.4. The third-order valence-electron chi connectivity index (χ3n) is 4.38. The van der Waals surface area contributed by atoms with Crippen molar-refractivity contribution < 1.29 is 17.5 Å². The van der Waals surface area contributed by atoms with E-state index in [1.165, 1.54) is 51.4 Å². The molecule has 0 aliphatic heterocycles. The molecule has 0 saturated carbocycles. The molecule has 0 aromatic carbocycles. The van der Waals surface area contributed by atoms with Gasteiger partial charge in [0.15, 0.2) is 0 Å². The fraction of sp³-hybridized carbons (Fsp3) is 1.00. The van der Waals surface area contributed by atoms with Crippen LogP contribution in [0, 0.1) is 5.92 Å². The SMILES string of the molecule is CCCCC(CCCCN)C(N)(CC)CCCC.O=S(=O)(O)O. The zero-order valence-corrected chi connectivity index (χ0v) is 15.9. The summed E-state index contributed by atoms with van der Waals surface area (Å²) in [6.45, 7) is 7.61. The van der Waals surface area contributed by atoms with E-state index >= 15 is 0 Å². The van der Waals surface area contributed by atoms with Gasteiger partial charge in [-0.15, -0.1) is 0 Å². The van der Waals surface area contributed by atoms with Gasteiger partial charge in [0, 0.05) is 5.54 Å². The molecule has 0 aromatic rings. The fourth-order valence-electron chi connectivity index (χ4n) is 2.88. The van der Waals surface area contributed by atoms with E-state index in [0.717, 1.165) is 19.4 Å². The summed E-state index contributed by atoms with van der Waals surface area (Å²) in [7, 11) is -4.67. The van der Waals surface area contributed by atoms with Crippen LogP contribution in [0.3, 0.4) is 0 Å². The summed E-state index contributed by atoms with van der Waals surface area (Å²) in [5, 5.41) is 0. The molecule has 0 saturated heterocycles. The summed E-state index contributed by atoms with van der Waals surface area (Å²) < 4.78 is 31.6. The Morgan fingerprint density at radius 1 is 0.957 bits per heavy atom. The highest BCUT2D eigenvalue weighted by Crippen LogP contribution is 2.32. The summed E-state index contributed by atoms with van der Waals surface area (Å²) in [6.07, 6.45) is 12.4. The van der Waals surface area contributed by atoms with Crippen LogP contribution in [-0.4, -0.2) is 29.6 Å². The van der Waals surface area contributed by atoms with Gasteiger partial charge >= 0.3 is 10.4 Å². The van der Waals surface area contributed by atoms with Gasteiger partial charge < -0.3 is 11.5 Å². The second kappa shape index (κ2) is 14.2. The molecule has 6 nitrogen and oxygen atoms in total. The van der Waals surface area contributed by atoms with Crippen LogP contribution in [0.25, 0.3) is 0 Å². The Morgan fingerprint density at radius 2 is 1.43 bits per heavy atom. The average Bonchev–Trinajstić information content (AvgIpc) is 2.46. The van der Waals surface area contributed by atoms with Gasteiger partial charge in [-0.05, 0) is 44.6 Å². The van der Waals surface area contributed by atoms with Gasteiger partial charge in [0.05, 0.1) is 0 Å². The van der Waals surface area contributed by atoms with Gasteiger partial charge in [-0.25, -0.2) is 0 Å². The van der Waals surface area contributed by atoms with Gasteiger partial charge in [0.1, 0.15) is 0 Å². The molecule has 0 radical (unpaired) electrons. The molecule has 142 valence electrons. The molecule has 0 amide bonds.